The molecule has 0 N–H and O–H groups in total. The maximum Gasteiger partial charge on any atom is 0.416 e. The van der Waals surface area contributed by atoms with Crippen LogP contribution in [0.1, 0.15) is 21.7 Å². The molecule has 3 nitrogen and oxygen atoms in total. The molecule has 0 aliphatic heterocycles. The number of carbonyl (C=O) groups is 1. The molecule has 106 valence electrons. The standard InChI is InChI=1S/C15H8F3NO2/c16-15(17,18)12-4-1-3-10(7-12)14(20)11(9-19)8-13-5-2-6-21-13/h1-8H/b11-8-. The van der Waals surface area contributed by atoms with E-state index in [1.165, 1.54) is 24.5 Å². The molecule has 0 saturated heterocycles. The summed E-state index contributed by atoms with van der Waals surface area (Å²) in [7, 11) is 0. The van der Waals surface area contributed by atoms with E-state index in [1.807, 2.05) is 0 Å². The summed E-state index contributed by atoms with van der Waals surface area (Å²) in [5.74, 6) is -0.521. The number of halogens is 3. The van der Waals surface area contributed by atoms with Crippen LogP contribution in [0.5, 0.6) is 0 Å². The monoisotopic (exact) mass is 291 g/mol. The lowest BCUT2D eigenvalue weighted by Crippen LogP contribution is -2.08. The van der Waals surface area contributed by atoms with Crippen LogP contribution in [0.15, 0.2) is 52.7 Å². The Morgan fingerprint density at radius 3 is 2.57 bits per heavy atom. The third-order valence-corrected chi connectivity index (χ3v) is 2.65. The minimum atomic E-state index is -4.55. The molecular formula is C15H8F3NO2. The number of allylic oxidation sites excluding steroid dienone is 1. The average Bonchev–Trinajstić information content (AvgIpc) is 2.96. The van der Waals surface area contributed by atoms with E-state index in [9.17, 15) is 18.0 Å². The average molecular weight is 291 g/mol. The second-order valence-electron chi connectivity index (χ2n) is 4.09. The number of alkyl halides is 3. The lowest BCUT2D eigenvalue weighted by Gasteiger charge is -2.07. The molecular weight excluding hydrogens is 283 g/mol. The Labute approximate surface area is 117 Å². The van der Waals surface area contributed by atoms with Gasteiger partial charge >= 0.3 is 6.18 Å². The maximum absolute atomic E-state index is 12.6. The van der Waals surface area contributed by atoms with Crippen molar-refractivity contribution < 1.29 is 22.4 Å². The molecule has 2 aromatic rings. The van der Waals surface area contributed by atoms with Gasteiger partial charge in [-0.05, 0) is 24.3 Å². The zero-order valence-corrected chi connectivity index (χ0v) is 10.5. The van der Waals surface area contributed by atoms with Crippen LogP contribution in [0.3, 0.4) is 0 Å². The molecule has 0 fully saturated rings. The Kier molecular flexibility index (Phi) is 3.94. The smallest absolute Gasteiger partial charge is 0.416 e. The van der Waals surface area contributed by atoms with Gasteiger partial charge in [0.15, 0.2) is 0 Å². The van der Waals surface area contributed by atoms with Gasteiger partial charge in [-0.15, -0.1) is 0 Å². The molecule has 0 amide bonds. The van der Waals surface area contributed by atoms with Gasteiger partial charge in [0.2, 0.25) is 5.78 Å². The molecule has 6 heteroatoms. The predicted molar refractivity (Wildman–Crippen MR) is 68.1 cm³/mol. The molecule has 0 aliphatic carbocycles. The summed E-state index contributed by atoms with van der Waals surface area (Å²) in [6, 6.07) is 8.68. The van der Waals surface area contributed by atoms with Crippen molar-refractivity contribution in [3.05, 3.63) is 65.1 Å². The van der Waals surface area contributed by atoms with Crippen LogP contribution in [-0.4, -0.2) is 5.78 Å². The van der Waals surface area contributed by atoms with Crippen molar-refractivity contribution in [2.24, 2.45) is 0 Å². The van der Waals surface area contributed by atoms with E-state index < -0.39 is 17.5 Å². The van der Waals surface area contributed by atoms with Gasteiger partial charge in [0.1, 0.15) is 17.4 Å². The summed E-state index contributed by atoms with van der Waals surface area (Å²) < 4.78 is 42.8. The molecule has 21 heavy (non-hydrogen) atoms. The van der Waals surface area contributed by atoms with Crippen LogP contribution in [-0.2, 0) is 6.18 Å². The van der Waals surface area contributed by atoms with Crippen LogP contribution < -0.4 is 0 Å². The zero-order chi connectivity index (χ0) is 15.5. The minimum Gasteiger partial charge on any atom is -0.465 e. The predicted octanol–water partition coefficient (Wildman–Crippen LogP) is 4.09. The fourth-order valence-corrected chi connectivity index (χ4v) is 1.66. The number of hydrogen-bond donors (Lipinski definition) is 0. The van der Waals surface area contributed by atoms with Gasteiger partial charge in [0.05, 0.1) is 11.8 Å². The van der Waals surface area contributed by atoms with Crippen molar-refractivity contribution >= 4 is 11.9 Å². The summed E-state index contributed by atoms with van der Waals surface area (Å²) in [5.41, 5.74) is -1.45. The summed E-state index contributed by atoms with van der Waals surface area (Å²) >= 11 is 0. The Morgan fingerprint density at radius 2 is 2.00 bits per heavy atom. The largest absolute Gasteiger partial charge is 0.465 e. The number of ketones is 1. The van der Waals surface area contributed by atoms with Gasteiger partial charge < -0.3 is 4.42 Å². The first kappa shape index (κ1) is 14.6. The first-order valence-electron chi connectivity index (χ1n) is 5.79. The normalized spacial score (nSPS) is 12.0. The van der Waals surface area contributed by atoms with Gasteiger partial charge in [-0.25, -0.2) is 0 Å². The summed E-state index contributed by atoms with van der Waals surface area (Å²) in [6.45, 7) is 0. The third kappa shape index (κ3) is 3.39. The van der Waals surface area contributed by atoms with Crippen LogP contribution in [0.4, 0.5) is 13.2 Å². The van der Waals surface area contributed by atoms with E-state index in [4.69, 9.17) is 9.68 Å². The van der Waals surface area contributed by atoms with Crippen LogP contribution in [0.2, 0.25) is 0 Å². The number of carbonyl (C=O) groups excluding carboxylic acids is 1. The number of nitriles is 1. The molecule has 2 rings (SSSR count). The first-order valence-corrected chi connectivity index (χ1v) is 5.79. The molecule has 1 aromatic carbocycles. The van der Waals surface area contributed by atoms with Crippen LogP contribution in [0.25, 0.3) is 6.08 Å². The Balaban J connectivity index is 2.38. The Morgan fingerprint density at radius 1 is 1.24 bits per heavy atom. The maximum atomic E-state index is 12.6. The van der Waals surface area contributed by atoms with Crippen molar-refractivity contribution in [1.29, 1.82) is 5.26 Å². The van der Waals surface area contributed by atoms with Crippen molar-refractivity contribution in [3.8, 4) is 6.07 Å². The highest BCUT2D eigenvalue weighted by molar-refractivity contribution is 6.13. The molecule has 0 unspecified atom stereocenters. The number of benzene rings is 1. The zero-order valence-electron chi connectivity index (χ0n) is 10.5. The second kappa shape index (κ2) is 5.67. The number of furan rings is 1. The highest BCUT2D eigenvalue weighted by atomic mass is 19.4. The number of rotatable bonds is 3. The van der Waals surface area contributed by atoms with Crippen molar-refractivity contribution in [3.63, 3.8) is 0 Å². The van der Waals surface area contributed by atoms with Crippen molar-refractivity contribution in [1.82, 2.24) is 0 Å². The van der Waals surface area contributed by atoms with Gasteiger partial charge in [-0.1, -0.05) is 12.1 Å². The van der Waals surface area contributed by atoms with Gasteiger partial charge in [-0.2, -0.15) is 18.4 Å². The van der Waals surface area contributed by atoms with Crippen LogP contribution in [0, 0.1) is 11.3 Å². The molecule has 0 saturated carbocycles. The quantitative estimate of drug-likeness (QED) is 0.486. The molecule has 0 atom stereocenters. The summed E-state index contributed by atoms with van der Waals surface area (Å²) in [5, 5.41) is 8.98. The van der Waals surface area contributed by atoms with Crippen LogP contribution >= 0.6 is 0 Å². The molecule has 1 aromatic heterocycles. The Hall–Kier alpha value is -2.81. The van der Waals surface area contributed by atoms with E-state index in [0.29, 0.717) is 0 Å². The molecule has 0 spiro atoms. The fraction of sp³-hybridized carbons (Fsp3) is 0.0667. The molecule has 1 heterocycles. The lowest BCUT2D eigenvalue weighted by molar-refractivity contribution is -0.137. The SMILES string of the molecule is N#C/C(=C/c1ccco1)C(=O)c1cccc(C(F)(F)F)c1. The fourth-order valence-electron chi connectivity index (χ4n) is 1.66. The van der Waals surface area contributed by atoms with Gasteiger partial charge in [0.25, 0.3) is 0 Å². The number of Topliss-reactive ketones (excluding diaryl/α,β-unsaturated/α-hetero) is 1. The Bertz CT molecular complexity index is 722. The van der Waals surface area contributed by atoms with E-state index in [2.05, 4.69) is 0 Å². The van der Waals surface area contributed by atoms with E-state index in [1.54, 1.807) is 12.1 Å². The highest BCUT2D eigenvalue weighted by Crippen LogP contribution is 2.30. The first-order chi connectivity index (χ1) is 9.91. The van der Waals surface area contributed by atoms with E-state index in [-0.39, 0.29) is 16.9 Å². The molecule has 0 bridgehead atoms. The highest BCUT2D eigenvalue weighted by Gasteiger charge is 2.31. The second-order valence-corrected chi connectivity index (χ2v) is 4.09. The van der Waals surface area contributed by atoms with Gasteiger partial charge in [-0.3, -0.25) is 4.79 Å². The van der Waals surface area contributed by atoms with Crippen molar-refractivity contribution in [2.45, 2.75) is 6.18 Å². The topological polar surface area (TPSA) is 54.0 Å². The molecule has 0 radical (unpaired) electrons. The molecule has 0 aliphatic rings. The van der Waals surface area contributed by atoms with Crippen molar-refractivity contribution in [2.75, 3.05) is 0 Å². The lowest BCUT2D eigenvalue weighted by atomic mass is 10.0. The van der Waals surface area contributed by atoms with E-state index in [0.717, 1.165) is 18.2 Å². The summed E-state index contributed by atoms with van der Waals surface area (Å²) in [4.78, 5) is 12.1. The third-order valence-electron chi connectivity index (χ3n) is 2.65. The number of nitrogens with zero attached hydrogens (tertiary/aromatic N) is 1. The van der Waals surface area contributed by atoms with E-state index >= 15 is 0 Å². The summed E-state index contributed by atoms with van der Waals surface area (Å²) in [6.07, 6.45) is -2.01. The number of hydrogen-bond acceptors (Lipinski definition) is 3. The van der Waals surface area contributed by atoms with Gasteiger partial charge in [0, 0.05) is 11.6 Å². The minimum absolute atomic E-state index is 0.204.